The predicted molar refractivity (Wildman–Crippen MR) is 84.1 cm³/mol. The van der Waals surface area contributed by atoms with Gasteiger partial charge in [-0.15, -0.1) is 0 Å². The molecule has 1 aliphatic rings. The van der Waals surface area contributed by atoms with Crippen LogP contribution < -0.4 is 9.64 Å². The van der Waals surface area contributed by atoms with E-state index in [1.54, 1.807) is 4.90 Å². The molecular formula is C17H16N2O4. The first-order chi connectivity index (χ1) is 11.0. The van der Waals surface area contributed by atoms with Gasteiger partial charge in [0.05, 0.1) is 17.8 Å². The van der Waals surface area contributed by atoms with Crippen molar-refractivity contribution in [1.82, 2.24) is 4.98 Å². The lowest BCUT2D eigenvalue weighted by atomic mass is 10.1. The Morgan fingerprint density at radius 3 is 2.74 bits per heavy atom. The van der Waals surface area contributed by atoms with Gasteiger partial charge in [-0.05, 0) is 43.7 Å². The minimum absolute atomic E-state index is 0.0899. The maximum atomic E-state index is 12.8. The zero-order valence-corrected chi connectivity index (χ0v) is 12.8. The fraction of sp³-hybridized carbons (Fsp3) is 0.235. The van der Waals surface area contributed by atoms with Crippen LogP contribution in [0.5, 0.6) is 5.75 Å². The number of aromatic carboxylic acids is 1. The lowest BCUT2D eigenvalue weighted by molar-refractivity contribution is 0.0690. The summed E-state index contributed by atoms with van der Waals surface area (Å²) in [5.41, 5.74) is 2.02. The number of ether oxygens (including phenoxy) is 1. The quantitative estimate of drug-likeness (QED) is 0.921. The highest BCUT2D eigenvalue weighted by molar-refractivity contribution is 6.07. The van der Waals surface area contributed by atoms with Crippen LogP contribution in [0.3, 0.4) is 0 Å². The molecule has 0 bridgehead atoms. The van der Waals surface area contributed by atoms with Gasteiger partial charge in [0.1, 0.15) is 17.5 Å². The van der Waals surface area contributed by atoms with Crippen LogP contribution in [0.15, 0.2) is 36.5 Å². The number of carboxylic acid groups (broad SMARTS) is 1. The summed E-state index contributed by atoms with van der Waals surface area (Å²) >= 11 is 0. The number of rotatable bonds is 2. The maximum absolute atomic E-state index is 12.8. The molecule has 0 unspecified atom stereocenters. The third-order valence-electron chi connectivity index (χ3n) is 3.65. The largest absolute Gasteiger partial charge is 0.487 e. The van der Waals surface area contributed by atoms with Crippen LogP contribution in [0.1, 0.15) is 33.3 Å². The van der Waals surface area contributed by atoms with Crippen molar-refractivity contribution in [1.29, 1.82) is 0 Å². The summed E-state index contributed by atoms with van der Waals surface area (Å²) in [7, 11) is 0. The van der Waals surface area contributed by atoms with Crippen molar-refractivity contribution in [3.8, 4) is 5.75 Å². The van der Waals surface area contributed by atoms with Crippen LogP contribution in [0.4, 0.5) is 5.69 Å². The highest BCUT2D eigenvalue weighted by Gasteiger charge is 2.28. The van der Waals surface area contributed by atoms with E-state index < -0.39 is 5.97 Å². The second kappa shape index (κ2) is 5.72. The molecule has 1 aromatic heterocycles. The summed E-state index contributed by atoms with van der Waals surface area (Å²) in [4.78, 5) is 29.0. The van der Waals surface area contributed by atoms with Gasteiger partial charge in [-0.2, -0.15) is 0 Å². The second-order valence-corrected chi connectivity index (χ2v) is 5.55. The highest BCUT2D eigenvalue weighted by Crippen LogP contribution is 2.35. The van der Waals surface area contributed by atoms with Gasteiger partial charge in [0.15, 0.2) is 0 Å². The molecule has 1 aliphatic heterocycles. The normalized spacial score (nSPS) is 16.4. The second-order valence-electron chi connectivity index (χ2n) is 5.55. The average Bonchev–Trinajstić information content (AvgIpc) is 2.53. The molecule has 23 heavy (non-hydrogen) atoms. The van der Waals surface area contributed by atoms with Gasteiger partial charge < -0.3 is 14.7 Å². The van der Waals surface area contributed by atoms with E-state index in [1.807, 2.05) is 32.0 Å². The van der Waals surface area contributed by atoms with Crippen molar-refractivity contribution >= 4 is 17.6 Å². The zero-order valence-electron chi connectivity index (χ0n) is 12.8. The Balaban J connectivity index is 1.95. The van der Waals surface area contributed by atoms with E-state index in [4.69, 9.17) is 9.84 Å². The van der Waals surface area contributed by atoms with Gasteiger partial charge in [0, 0.05) is 6.20 Å². The molecule has 1 N–H and O–H groups in total. The van der Waals surface area contributed by atoms with Gasteiger partial charge in [0.25, 0.3) is 5.91 Å². The molecular weight excluding hydrogens is 296 g/mol. The van der Waals surface area contributed by atoms with Gasteiger partial charge in [-0.1, -0.05) is 6.07 Å². The number of pyridine rings is 1. The van der Waals surface area contributed by atoms with Crippen molar-refractivity contribution in [2.75, 3.05) is 11.4 Å². The Morgan fingerprint density at radius 2 is 2.09 bits per heavy atom. The molecule has 0 aliphatic carbocycles. The van der Waals surface area contributed by atoms with Crippen LogP contribution in [0.25, 0.3) is 0 Å². The van der Waals surface area contributed by atoms with Crippen molar-refractivity contribution in [3.63, 3.8) is 0 Å². The zero-order chi connectivity index (χ0) is 16.6. The molecule has 6 heteroatoms. The molecule has 1 atom stereocenters. The Hall–Kier alpha value is -2.89. The molecule has 118 valence electrons. The smallest absolute Gasteiger partial charge is 0.354 e. The van der Waals surface area contributed by atoms with E-state index in [9.17, 15) is 9.59 Å². The van der Waals surface area contributed by atoms with E-state index in [0.717, 1.165) is 5.56 Å². The molecule has 3 rings (SSSR count). The van der Waals surface area contributed by atoms with Gasteiger partial charge in [-0.3, -0.25) is 4.79 Å². The molecule has 0 spiro atoms. The molecule has 6 nitrogen and oxygen atoms in total. The maximum Gasteiger partial charge on any atom is 0.354 e. The molecule has 2 heterocycles. The molecule has 2 aromatic rings. The van der Waals surface area contributed by atoms with E-state index >= 15 is 0 Å². The van der Waals surface area contributed by atoms with E-state index in [0.29, 0.717) is 23.5 Å². The number of anilines is 1. The summed E-state index contributed by atoms with van der Waals surface area (Å²) in [5, 5.41) is 8.88. The number of fused-ring (bicyclic) bond motifs is 1. The molecule has 1 aromatic carbocycles. The fourth-order valence-corrected chi connectivity index (χ4v) is 2.54. The van der Waals surface area contributed by atoms with E-state index in [-0.39, 0.29) is 17.7 Å². The van der Waals surface area contributed by atoms with Gasteiger partial charge in [-0.25, -0.2) is 9.78 Å². The Morgan fingerprint density at radius 1 is 1.30 bits per heavy atom. The summed E-state index contributed by atoms with van der Waals surface area (Å²) in [5.74, 6) is -0.674. The van der Waals surface area contributed by atoms with Crippen LogP contribution in [-0.4, -0.2) is 34.6 Å². The van der Waals surface area contributed by atoms with Crippen LogP contribution >= 0.6 is 0 Å². The number of amides is 1. The van der Waals surface area contributed by atoms with Crippen LogP contribution in [-0.2, 0) is 0 Å². The number of hydrogen-bond donors (Lipinski definition) is 1. The average molecular weight is 312 g/mol. The van der Waals surface area contributed by atoms with Gasteiger partial charge >= 0.3 is 5.97 Å². The monoisotopic (exact) mass is 312 g/mol. The summed E-state index contributed by atoms with van der Waals surface area (Å²) in [6.07, 6.45) is 1.17. The molecule has 0 saturated heterocycles. The SMILES string of the molecule is Cc1ccc2c(c1)O[C@H](C)CN2C(=O)c1ccc(C(=O)O)nc1. The Bertz CT molecular complexity index is 771. The summed E-state index contributed by atoms with van der Waals surface area (Å²) < 4.78 is 5.79. The van der Waals surface area contributed by atoms with Crippen LogP contribution in [0, 0.1) is 6.92 Å². The number of aromatic nitrogens is 1. The van der Waals surface area contributed by atoms with Crippen molar-refractivity contribution in [3.05, 3.63) is 53.3 Å². The number of carbonyl (C=O) groups excluding carboxylic acids is 1. The minimum atomic E-state index is -1.12. The molecule has 1 amide bonds. The lowest BCUT2D eigenvalue weighted by Crippen LogP contribution is -2.42. The first kappa shape index (κ1) is 15.0. The van der Waals surface area contributed by atoms with Crippen LogP contribution in [0.2, 0.25) is 0 Å². The summed E-state index contributed by atoms with van der Waals surface area (Å²) in [6.45, 7) is 4.29. The molecule has 0 saturated carbocycles. The number of aryl methyl sites for hydroxylation is 1. The van der Waals surface area contributed by atoms with E-state index in [1.165, 1.54) is 18.3 Å². The third-order valence-corrected chi connectivity index (χ3v) is 3.65. The lowest BCUT2D eigenvalue weighted by Gasteiger charge is -2.33. The number of hydrogen-bond acceptors (Lipinski definition) is 4. The fourth-order valence-electron chi connectivity index (χ4n) is 2.54. The van der Waals surface area contributed by atoms with Gasteiger partial charge in [0.2, 0.25) is 0 Å². The first-order valence-electron chi connectivity index (χ1n) is 7.24. The standard InChI is InChI=1S/C17H16N2O4/c1-10-3-6-14-15(7-10)23-11(2)9-19(14)16(20)12-4-5-13(17(21)22)18-8-12/h3-8,11H,9H2,1-2H3,(H,21,22)/t11-/m1/s1. The van der Waals surface area contributed by atoms with Crippen molar-refractivity contribution in [2.24, 2.45) is 0 Å². The van der Waals surface area contributed by atoms with E-state index in [2.05, 4.69) is 4.98 Å². The number of nitrogens with zero attached hydrogens (tertiary/aromatic N) is 2. The van der Waals surface area contributed by atoms with Crippen molar-refractivity contribution in [2.45, 2.75) is 20.0 Å². The minimum Gasteiger partial charge on any atom is -0.487 e. The first-order valence-corrected chi connectivity index (χ1v) is 7.24. The van der Waals surface area contributed by atoms with Crippen molar-refractivity contribution < 1.29 is 19.4 Å². The number of carboxylic acids is 1. The Labute approximate surface area is 133 Å². The number of carbonyl (C=O) groups is 2. The highest BCUT2D eigenvalue weighted by atomic mass is 16.5. The predicted octanol–water partition coefficient (Wildman–Crippen LogP) is 2.52. The molecule has 0 radical (unpaired) electrons. The number of benzene rings is 1. The molecule has 0 fully saturated rings. The Kier molecular flexibility index (Phi) is 3.73. The third kappa shape index (κ3) is 2.88. The topological polar surface area (TPSA) is 79.7 Å². The summed E-state index contributed by atoms with van der Waals surface area (Å²) in [6, 6.07) is 8.48.